The van der Waals surface area contributed by atoms with Crippen LogP contribution in [-0.2, 0) is 10.2 Å². The van der Waals surface area contributed by atoms with Crippen molar-refractivity contribution in [3.8, 4) is 5.75 Å². The van der Waals surface area contributed by atoms with Crippen molar-refractivity contribution in [3.05, 3.63) is 23.8 Å². The van der Waals surface area contributed by atoms with Gasteiger partial charge in [-0.15, -0.1) is 0 Å². The molecule has 0 fully saturated rings. The van der Waals surface area contributed by atoms with Crippen LogP contribution in [0.1, 0.15) is 40.2 Å². The molecule has 0 amide bonds. The Labute approximate surface area is 117 Å². The topological polar surface area (TPSA) is 30.5 Å². The molecule has 1 rings (SSSR count). The van der Waals surface area contributed by atoms with E-state index in [0.717, 1.165) is 11.4 Å². The Balaban J connectivity index is 3.03. The molecule has 0 aromatic heterocycles. The second kappa shape index (κ2) is 6.29. The maximum Gasteiger partial charge on any atom is 0.141 e. The van der Waals surface area contributed by atoms with Gasteiger partial charge in [-0.3, -0.25) is 0 Å². The van der Waals surface area contributed by atoms with E-state index in [1.807, 2.05) is 6.07 Å². The Morgan fingerprint density at radius 3 is 2.21 bits per heavy atom. The van der Waals surface area contributed by atoms with Gasteiger partial charge in [0.25, 0.3) is 0 Å². The predicted octanol–water partition coefficient (Wildman–Crippen LogP) is 3.83. The highest BCUT2D eigenvalue weighted by molar-refractivity contribution is 5.59. The molecule has 0 spiro atoms. The van der Waals surface area contributed by atoms with Crippen LogP contribution in [0.5, 0.6) is 5.75 Å². The lowest BCUT2D eigenvalue weighted by Gasteiger charge is -2.25. The predicted molar refractivity (Wildman–Crippen MR) is 81.2 cm³/mol. The van der Waals surface area contributed by atoms with Crippen LogP contribution in [-0.4, -0.2) is 26.4 Å². The third-order valence-electron chi connectivity index (χ3n) is 3.52. The van der Waals surface area contributed by atoms with Gasteiger partial charge in [-0.25, -0.2) is 0 Å². The molecule has 2 atom stereocenters. The molecule has 1 aromatic carbocycles. The summed E-state index contributed by atoms with van der Waals surface area (Å²) in [5.41, 5.74) is 2.43. The first kappa shape index (κ1) is 15.8. The maximum atomic E-state index is 5.42. The minimum Gasteiger partial charge on any atom is -0.495 e. The minimum atomic E-state index is 0.124. The number of hydrogen-bond donors (Lipinski definition) is 1. The first-order valence-electron chi connectivity index (χ1n) is 6.77. The standard InChI is InChI=1S/C16H27NO2/c1-11(12(2)18-6)17-14-10-13(16(3,4)5)8-9-15(14)19-7/h8-12,17H,1-7H3. The number of rotatable bonds is 5. The summed E-state index contributed by atoms with van der Waals surface area (Å²) in [6.45, 7) is 10.8. The van der Waals surface area contributed by atoms with Crippen molar-refractivity contribution in [2.24, 2.45) is 0 Å². The normalized spacial score (nSPS) is 14.9. The zero-order valence-corrected chi connectivity index (χ0v) is 13.2. The fourth-order valence-corrected chi connectivity index (χ4v) is 1.85. The van der Waals surface area contributed by atoms with Crippen LogP contribution in [0.4, 0.5) is 5.69 Å². The molecule has 0 aliphatic heterocycles. The molecule has 0 aliphatic rings. The molecule has 0 bridgehead atoms. The molecule has 0 aliphatic carbocycles. The summed E-state index contributed by atoms with van der Waals surface area (Å²) in [6, 6.07) is 6.52. The van der Waals surface area contributed by atoms with Gasteiger partial charge in [0.05, 0.1) is 18.9 Å². The SMILES string of the molecule is COc1ccc(C(C)(C)C)cc1NC(C)C(C)OC. The fourth-order valence-electron chi connectivity index (χ4n) is 1.85. The van der Waals surface area contributed by atoms with E-state index in [0.29, 0.717) is 0 Å². The van der Waals surface area contributed by atoms with Gasteiger partial charge in [0.2, 0.25) is 0 Å². The first-order valence-corrected chi connectivity index (χ1v) is 6.77. The first-order chi connectivity index (χ1) is 8.79. The largest absolute Gasteiger partial charge is 0.495 e. The average molecular weight is 265 g/mol. The Morgan fingerprint density at radius 1 is 1.11 bits per heavy atom. The Bertz CT molecular complexity index is 410. The lowest BCUT2D eigenvalue weighted by Crippen LogP contribution is -2.30. The summed E-state index contributed by atoms with van der Waals surface area (Å²) in [6.07, 6.45) is 0.142. The Kier molecular flexibility index (Phi) is 5.24. The smallest absolute Gasteiger partial charge is 0.141 e. The van der Waals surface area contributed by atoms with Crippen LogP contribution >= 0.6 is 0 Å². The molecule has 19 heavy (non-hydrogen) atoms. The van der Waals surface area contributed by atoms with Crippen molar-refractivity contribution in [2.75, 3.05) is 19.5 Å². The molecular weight excluding hydrogens is 238 g/mol. The summed E-state index contributed by atoms with van der Waals surface area (Å²) in [5.74, 6) is 0.864. The summed E-state index contributed by atoms with van der Waals surface area (Å²) in [5, 5.41) is 3.47. The fraction of sp³-hybridized carbons (Fsp3) is 0.625. The van der Waals surface area contributed by atoms with E-state index in [1.165, 1.54) is 5.56 Å². The number of anilines is 1. The van der Waals surface area contributed by atoms with Gasteiger partial charge >= 0.3 is 0 Å². The van der Waals surface area contributed by atoms with Gasteiger partial charge in [0.15, 0.2) is 0 Å². The number of hydrogen-bond acceptors (Lipinski definition) is 3. The summed E-state index contributed by atoms with van der Waals surface area (Å²) >= 11 is 0. The van der Waals surface area contributed by atoms with Gasteiger partial charge in [0.1, 0.15) is 5.75 Å². The van der Waals surface area contributed by atoms with E-state index in [1.54, 1.807) is 14.2 Å². The van der Waals surface area contributed by atoms with Crippen LogP contribution in [0.3, 0.4) is 0 Å². The molecule has 3 nitrogen and oxygen atoms in total. The quantitative estimate of drug-likeness (QED) is 0.877. The van der Waals surface area contributed by atoms with Crippen molar-refractivity contribution < 1.29 is 9.47 Å². The average Bonchev–Trinajstić information content (AvgIpc) is 2.36. The van der Waals surface area contributed by atoms with Gasteiger partial charge in [-0.2, -0.15) is 0 Å². The lowest BCUT2D eigenvalue weighted by atomic mass is 9.86. The zero-order chi connectivity index (χ0) is 14.6. The van der Waals surface area contributed by atoms with E-state index >= 15 is 0 Å². The lowest BCUT2D eigenvalue weighted by molar-refractivity contribution is 0.106. The highest BCUT2D eigenvalue weighted by Gasteiger charge is 2.18. The molecule has 2 unspecified atom stereocenters. The Morgan fingerprint density at radius 2 is 1.74 bits per heavy atom. The van der Waals surface area contributed by atoms with Crippen LogP contribution < -0.4 is 10.1 Å². The van der Waals surface area contributed by atoms with Gasteiger partial charge < -0.3 is 14.8 Å². The second-order valence-corrected chi connectivity index (χ2v) is 6.04. The highest BCUT2D eigenvalue weighted by atomic mass is 16.5. The van der Waals surface area contributed by atoms with Crippen molar-refractivity contribution in [1.29, 1.82) is 0 Å². The van der Waals surface area contributed by atoms with Crippen LogP contribution in [0.2, 0.25) is 0 Å². The van der Waals surface area contributed by atoms with E-state index in [-0.39, 0.29) is 17.6 Å². The summed E-state index contributed by atoms with van der Waals surface area (Å²) in [4.78, 5) is 0. The van der Waals surface area contributed by atoms with Crippen molar-refractivity contribution >= 4 is 5.69 Å². The third kappa shape index (κ3) is 4.13. The number of benzene rings is 1. The highest BCUT2D eigenvalue weighted by Crippen LogP contribution is 2.32. The van der Waals surface area contributed by atoms with Crippen LogP contribution in [0.25, 0.3) is 0 Å². The molecule has 108 valence electrons. The molecular formula is C16H27NO2. The molecule has 1 N–H and O–H groups in total. The number of nitrogens with one attached hydrogen (secondary N) is 1. The van der Waals surface area contributed by atoms with Crippen molar-refractivity contribution in [3.63, 3.8) is 0 Å². The van der Waals surface area contributed by atoms with Crippen LogP contribution in [0.15, 0.2) is 18.2 Å². The van der Waals surface area contributed by atoms with E-state index < -0.39 is 0 Å². The molecule has 0 saturated carbocycles. The van der Waals surface area contributed by atoms with E-state index in [2.05, 4.69) is 52.1 Å². The van der Waals surface area contributed by atoms with Crippen molar-refractivity contribution in [1.82, 2.24) is 0 Å². The third-order valence-corrected chi connectivity index (χ3v) is 3.52. The summed E-state index contributed by atoms with van der Waals surface area (Å²) < 4.78 is 10.8. The summed E-state index contributed by atoms with van der Waals surface area (Å²) in [7, 11) is 3.42. The number of ether oxygens (including phenoxy) is 2. The van der Waals surface area contributed by atoms with Gasteiger partial charge in [0, 0.05) is 13.2 Å². The van der Waals surface area contributed by atoms with Gasteiger partial charge in [-0.1, -0.05) is 26.8 Å². The van der Waals surface area contributed by atoms with Gasteiger partial charge in [-0.05, 0) is 37.0 Å². The van der Waals surface area contributed by atoms with Crippen molar-refractivity contribution in [2.45, 2.75) is 52.2 Å². The minimum absolute atomic E-state index is 0.124. The van der Waals surface area contributed by atoms with E-state index in [4.69, 9.17) is 9.47 Å². The number of methoxy groups -OCH3 is 2. The zero-order valence-electron chi connectivity index (χ0n) is 13.2. The molecule has 1 aromatic rings. The van der Waals surface area contributed by atoms with Crippen LogP contribution in [0, 0.1) is 0 Å². The second-order valence-electron chi connectivity index (χ2n) is 6.04. The Hall–Kier alpha value is -1.22. The van der Waals surface area contributed by atoms with E-state index in [9.17, 15) is 0 Å². The maximum absolute atomic E-state index is 5.42. The molecule has 0 saturated heterocycles. The molecule has 0 radical (unpaired) electrons. The molecule has 3 heteroatoms. The molecule has 0 heterocycles. The monoisotopic (exact) mass is 265 g/mol.